The largest absolute Gasteiger partial charge is 0.455 e. The van der Waals surface area contributed by atoms with Crippen molar-refractivity contribution in [3.8, 4) is 0 Å². The van der Waals surface area contributed by atoms with E-state index in [1.807, 2.05) is 13.0 Å². The fourth-order valence-corrected chi connectivity index (χ4v) is 7.09. The number of epoxide rings is 3. The standard InChI is InChI=1S/C37H64O5/c1-3-4-5-6-7-13-16-19-22-31-33(40-31)24-26-35-36(42-35)27-25-34-32(41-34)23-20-17-14-11-9-8-10-12-15-18-21-30-28-29(2)39-37(30)38/h28-29,31-36H,3-27H2,1-2H3/t29-,31?,32?,33?,34?,35?,36?/m0/s1. The van der Waals surface area contributed by atoms with E-state index >= 15 is 0 Å². The predicted octanol–water partition coefficient (Wildman–Crippen LogP) is 9.93. The zero-order valence-electron chi connectivity index (χ0n) is 27.3. The first-order chi connectivity index (χ1) is 20.6. The lowest BCUT2D eigenvalue weighted by molar-refractivity contribution is -0.139. The van der Waals surface area contributed by atoms with Crippen LogP contribution in [0.3, 0.4) is 0 Å². The summed E-state index contributed by atoms with van der Waals surface area (Å²) in [5.74, 6) is -0.0973. The summed E-state index contributed by atoms with van der Waals surface area (Å²) in [6.45, 7) is 4.22. The summed E-state index contributed by atoms with van der Waals surface area (Å²) >= 11 is 0. The first-order valence-electron chi connectivity index (χ1n) is 18.5. The number of unbranched alkanes of at least 4 members (excludes halogenated alkanes) is 16. The maximum absolute atomic E-state index is 11.6. The third kappa shape index (κ3) is 13.8. The first kappa shape index (κ1) is 34.0. The van der Waals surface area contributed by atoms with Gasteiger partial charge in [-0.05, 0) is 64.4 Å². The van der Waals surface area contributed by atoms with Crippen molar-refractivity contribution in [1.82, 2.24) is 0 Å². The summed E-state index contributed by atoms with van der Waals surface area (Å²) in [7, 11) is 0. The van der Waals surface area contributed by atoms with E-state index in [1.165, 1.54) is 148 Å². The highest BCUT2D eigenvalue weighted by atomic mass is 16.6. The summed E-state index contributed by atoms with van der Waals surface area (Å²) in [6, 6.07) is 0. The molecule has 0 amide bonds. The van der Waals surface area contributed by atoms with Crippen LogP contribution in [0.25, 0.3) is 0 Å². The Hall–Kier alpha value is -0.910. The number of esters is 1. The summed E-state index contributed by atoms with van der Waals surface area (Å²) < 4.78 is 23.0. The van der Waals surface area contributed by atoms with Crippen LogP contribution < -0.4 is 0 Å². The van der Waals surface area contributed by atoms with Gasteiger partial charge in [0.15, 0.2) is 0 Å². The van der Waals surface area contributed by atoms with E-state index in [9.17, 15) is 4.79 Å². The topological polar surface area (TPSA) is 63.9 Å². The van der Waals surface area contributed by atoms with Crippen molar-refractivity contribution in [2.24, 2.45) is 0 Å². The molecule has 5 nitrogen and oxygen atoms in total. The van der Waals surface area contributed by atoms with Gasteiger partial charge in [-0.1, -0.05) is 116 Å². The van der Waals surface area contributed by atoms with Crippen molar-refractivity contribution < 1.29 is 23.7 Å². The van der Waals surface area contributed by atoms with Gasteiger partial charge in [0.1, 0.15) is 6.10 Å². The summed E-state index contributed by atoms with van der Waals surface area (Å²) in [6.07, 6.45) is 37.5. The lowest BCUT2D eigenvalue weighted by Gasteiger charge is -2.03. The van der Waals surface area contributed by atoms with Crippen molar-refractivity contribution in [1.29, 1.82) is 0 Å². The fourth-order valence-electron chi connectivity index (χ4n) is 7.09. The van der Waals surface area contributed by atoms with Crippen LogP contribution in [0.1, 0.15) is 174 Å². The highest BCUT2D eigenvalue weighted by Gasteiger charge is 2.45. The Morgan fingerprint density at radius 1 is 0.500 bits per heavy atom. The molecule has 0 saturated carbocycles. The average molecular weight is 589 g/mol. The summed E-state index contributed by atoms with van der Waals surface area (Å²) in [5.41, 5.74) is 0.892. The molecule has 7 atom stereocenters. The lowest BCUT2D eigenvalue weighted by atomic mass is 10.0. The lowest BCUT2D eigenvalue weighted by Crippen LogP contribution is -2.03. The highest BCUT2D eigenvalue weighted by Crippen LogP contribution is 2.39. The van der Waals surface area contributed by atoms with Crippen LogP contribution in [0.15, 0.2) is 11.6 Å². The molecule has 4 rings (SSSR count). The minimum atomic E-state index is -0.0973. The molecule has 0 N–H and O–H groups in total. The molecule has 4 aliphatic rings. The number of ether oxygens (including phenoxy) is 4. The van der Waals surface area contributed by atoms with E-state index in [-0.39, 0.29) is 12.1 Å². The Bertz CT molecular complexity index is 780. The Morgan fingerprint density at radius 3 is 1.24 bits per heavy atom. The first-order valence-corrected chi connectivity index (χ1v) is 18.5. The molecule has 3 saturated heterocycles. The normalized spacial score (nSPS) is 29.5. The van der Waals surface area contributed by atoms with Crippen LogP contribution in [0, 0.1) is 0 Å². The molecule has 0 aromatic carbocycles. The number of carbonyl (C=O) groups is 1. The van der Waals surface area contributed by atoms with Gasteiger partial charge >= 0.3 is 5.97 Å². The van der Waals surface area contributed by atoms with E-state index in [0.29, 0.717) is 36.6 Å². The number of carbonyl (C=O) groups excluding carboxylic acids is 1. The third-order valence-electron chi connectivity index (χ3n) is 10.1. The van der Waals surface area contributed by atoms with Crippen LogP contribution in [0.2, 0.25) is 0 Å². The minimum Gasteiger partial charge on any atom is -0.455 e. The predicted molar refractivity (Wildman–Crippen MR) is 171 cm³/mol. The molecule has 4 heterocycles. The van der Waals surface area contributed by atoms with Crippen molar-refractivity contribution in [2.45, 2.75) is 217 Å². The Balaban J connectivity index is 0.840. The van der Waals surface area contributed by atoms with E-state index in [1.54, 1.807) is 0 Å². The van der Waals surface area contributed by atoms with E-state index in [2.05, 4.69) is 6.92 Å². The SMILES string of the molecule is CCCCCCCCCCC1OC1CCC1OC1CCC1OC1CCCCCCCCCCCCC1=C[C@H](C)OC1=O. The van der Waals surface area contributed by atoms with Gasteiger partial charge in [0.25, 0.3) is 0 Å². The molecule has 3 fully saturated rings. The fraction of sp³-hybridized carbons (Fsp3) is 0.919. The van der Waals surface area contributed by atoms with Gasteiger partial charge < -0.3 is 18.9 Å². The summed E-state index contributed by atoms with van der Waals surface area (Å²) in [5, 5.41) is 0. The third-order valence-corrected chi connectivity index (χ3v) is 10.1. The van der Waals surface area contributed by atoms with Crippen LogP contribution in [-0.2, 0) is 23.7 Å². The zero-order valence-corrected chi connectivity index (χ0v) is 27.3. The monoisotopic (exact) mass is 588 g/mol. The molecule has 6 unspecified atom stereocenters. The molecule has 0 spiro atoms. The van der Waals surface area contributed by atoms with Crippen molar-refractivity contribution >= 4 is 5.97 Å². The number of rotatable bonds is 28. The van der Waals surface area contributed by atoms with Gasteiger partial charge in [-0.3, -0.25) is 0 Å². The number of hydrogen-bond acceptors (Lipinski definition) is 5. The second-order valence-corrected chi connectivity index (χ2v) is 13.9. The van der Waals surface area contributed by atoms with Crippen LogP contribution >= 0.6 is 0 Å². The zero-order chi connectivity index (χ0) is 29.4. The second kappa shape index (κ2) is 19.5. The smallest absolute Gasteiger partial charge is 0.334 e. The van der Waals surface area contributed by atoms with Gasteiger partial charge in [0.05, 0.1) is 36.6 Å². The average Bonchev–Trinajstić information content (AvgIpc) is 3.90. The molecule has 42 heavy (non-hydrogen) atoms. The Kier molecular flexibility index (Phi) is 15.7. The van der Waals surface area contributed by atoms with Crippen molar-refractivity contribution in [2.75, 3.05) is 0 Å². The Labute approximate surface area is 258 Å². The van der Waals surface area contributed by atoms with Crippen molar-refractivity contribution in [3.63, 3.8) is 0 Å². The second-order valence-electron chi connectivity index (χ2n) is 13.9. The number of hydrogen-bond donors (Lipinski definition) is 0. The molecule has 4 aliphatic heterocycles. The Morgan fingerprint density at radius 2 is 0.857 bits per heavy atom. The minimum absolute atomic E-state index is 0.0262. The van der Waals surface area contributed by atoms with Gasteiger partial charge in [0, 0.05) is 5.57 Å². The van der Waals surface area contributed by atoms with E-state index < -0.39 is 0 Å². The molecule has 5 heteroatoms. The van der Waals surface area contributed by atoms with Gasteiger partial charge in [-0.25, -0.2) is 4.79 Å². The van der Waals surface area contributed by atoms with E-state index in [4.69, 9.17) is 18.9 Å². The molecular weight excluding hydrogens is 524 g/mol. The van der Waals surface area contributed by atoms with Gasteiger partial charge in [-0.2, -0.15) is 0 Å². The molecule has 242 valence electrons. The van der Waals surface area contributed by atoms with Crippen LogP contribution in [0.5, 0.6) is 0 Å². The van der Waals surface area contributed by atoms with Crippen LogP contribution in [-0.4, -0.2) is 48.7 Å². The quantitative estimate of drug-likeness (QED) is 0.0517. The van der Waals surface area contributed by atoms with Gasteiger partial charge in [0.2, 0.25) is 0 Å². The molecule has 0 aromatic rings. The molecule has 0 aliphatic carbocycles. The van der Waals surface area contributed by atoms with E-state index in [0.717, 1.165) is 18.4 Å². The van der Waals surface area contributed by atoms with Gasteiger partial charge in [-0.15, -0.1) is 0 Å². The summed E-state index contributed by atoms with van der Waals surface area (Å²) in [4.78, 5) is 11.6. The molecule has 0 radical (unpaired) electrons. The van der Waals surface area contributed by atoms with Crippen molar-refractivity contribution in [3.05, 3.63) is 11.6 Å². The van der Waals surface area contributed by atoms with Crippen LogP contribution in [0.4, 0.5) is 0 Å². The molecule has 0 bridgehead atoms. The number of cyclic esters (lactones) is 1. The molecule has 0 aromatic heterocycles. The maximum atomic E-state index is 11.6. The molecular formula is C37H64O5. The highest BCUT2D eigenvalue weighted by molar-refractivity contribution is 5.90. The maximum Gasteiger partial charge on any atom is 0.334 e.